The van der Waals surface area contributed by atoms with E-state index >= 15 is 0 Å². The quantitative estimate of drug-likeness (QED) is 0.628. The molecule has 8 heteroatoms. The van der Waals surface area contributed by atoms with Crippen LogP contribution < -0.4 is 0 Å². The van der Waals surface area contributed by atoms with Crippen LogP contribution in [-0.4, -0.2) is 33.7 Å². The van der Waals surface area contributed by atoms with Crippen molar-refractivity contribution in [1.29, 1.82) is 0 Å². The van der Waals surface area contributed by atoms with Crippen molar-refractivity contribution in [1.82, 2.24) is 4.90 Å². The maximum absolute atomic E-state index is 12.5. The van der Waals surface area contributed by atoms with Gasteiger partial charge >= 0.3 is 0 Å². The summed E-state index contributed by atoms with van der Waals surface area (Å²) in [6.45, 7) is 0. The van der Waals surface area contributed by atoms with E-state index in [1.165, 1.54) is 4.90 Å². The summed E-state index contributed by atoms with van der Waals surface area (Å²) in [6.07, 6.45) is 4.96. The summed E-state index contributed by atoms with van der Waals surface area (Å²) >= 11 is 0. The SMILES string of the molecule is CN(C(=O)c1ccc([N+](=O)[O-])cc1[N+](=O)[O-])C1CCCCC1. The highest BCUT2D eigenvalue weighted by molar-refractivity contribution is 5.98. The lowest BCUT2D eigenvalue weighted by atomic mass is 9.94. The number of carbonyl (C=O) groups is 1. The smallest absolute Gasteiger partial charge is 0.289 e. The largest absolute Gasteiger partial charge is 0.339 e. The zero-order valence-electron chi connectivity index (χ0n) is 12.2. The van der Waals surface area contributed by atoms with Gasteiger partial charge in [-0.1, -0.05) is 19.3 Å². The minimum Gasteiger partial charge on any atom is -0.339 e. The molecule has 0 saturated heterocycles. The highest BCUT2D eigenvalue weighted by Gasteiger charge is 2.29. The summed E-state index contributed by atoms with van der Waals surface area (Å²) in [7, 11) is 1.63. The Morgan fingerprint density at radius 2 is 1.77 bits per heavy atom. The number of benzene rings is 1. The van der Waals surface area contributed by atoms with Gasteiger partial charge in [0.05, 0.1) is 15.9 Å². The number of nitro groups is 2. The van der Waals surface area contributed by atoms with Crippen LogP contribution in [0.4, 0.5) is 11.4 Å². The molecule has 118 valence electrons. The molecular weight excluding hydrogens is 290 g/mol. The number of nitrogens with zero attached hydrogens (tertiary/aromatic N) is 3. The van der Waals surface area contributed by atoms with E-state index < -0.39 is 27.1 Å². The van der Waals surface area contributed by atoms with Crippen LogP contribution in [0.1, 0.15) is 42.5 Å². The first-order chi connectivity index (χ1) is 10.4. The van der Waals surface area contributed by atoms with Crippen molar-refractivity contribution in [2.24, 2.45) is 0 Å². The minimum absolute atomic E-state index is 0.0658. The maximum atomic E-state index is 12.5. The number of carbonyl (C=O) groups excluding carboxylic acids is 1. The van der Waals surface area contributed by atoms with Crippen molar-refractivity contribution in [3.8, 4) is 0 Å². The summed E-state index contributed by atoms with van der Waals surface area (Å²) in [4.78, 5) is 34.4. The number of rotatable bonds is 4. The van der Waals surface area contributed by atoms with Crippen LogP contribution in [0.3, 0.4) is 0 Å². The van der Waals surface area contributed by atoms with Crippen LogP contribution in [-0.2, 0) is 0 Å². The molecule has 0 heterocycles. The molecular formula is C14H17N3O5. The van der Waals surface area contributed by atoms with E-state index in [0.717, 1.165) is 50.3 Å². The monoisotopic (exact) mass is 307 g/mol. The molecule has 1 aromatic rings. The van der Waals surface area contributed by atoms with E-state index in [4.69, 9.17) is 0 Å². The molecule has 0 spiro atoms. The second-order valence-electron chi connectivity index (χ2n) is 5.42. The van der Waals surface area contributed by atoms with Crippen LogP contribution in [0.2, 0.25) is 0 Å². The van der Waals surface area contributed by atoms with Gasteiger partial charge in [0.15, 0.2) is 0 Å². The molecule has 0 N–H and O–H groups in total. The topological polar surface area (TPSA) is 107 Å². The van der Waals surface area contributed by atoms with Crippen LogP contribution in [0.25, 0.3) is 0 Å². The van der Waals surface area contributed by atoms with Gasteiger partial charge in [0.1, 0.15) is 5.56 Å². The first kappa shape index (κ1) is 15.9. The molecule has 0 radical (unpaired) electrons. The molecule has 22 heavy (non-hydrogen) atoms. The number of amides is 1. The van der Waals surface area contributed by atoms with Gasteiger partial charge in [-0.25, -0.2) is 0 Å². The van der Waals surface area contributed by atoms with E-state index in [2.05, 4.69) is 0 Å². The molecule has 0 bridgehead atoms. The Morgan fingerprint density at radius 3 is 2.32 bits per heavy atom. The molecule has 0 atom stereocenters. The second kappa shape index (κ2) is 6.50. The minimum atomic E-state index is -0.755. The van der Waals surface area contributed by atoms with Gasteiger partial charge in [-0.05, 0) is 18.9 Å². The molecule has 8 nitrogen and oxygen atoms in total. The molecule has 1 fully saturated rings. The van der Waals surface area contributed by atoms with Crippen LogP contribution in [0.5, 0.6) is 0 Å². The van der Waals surface area contributed by atoms with Crippen LogP contribution in [0, 0.1) is 20.2 Å². The molecule has 1 aliphatic rings. The Bertz CT molecular complexity index is 610. The summed E-state index contributed by atoms with van der Waals surface area (Å²) in [5.41, 5.74) is -1.03. The third-order valence-electron chi connectivity index (χ3n) is 4.06. The van der Waals surface area contributed by atoms with Crippen molar-refractivity contribution < 1.29 is 14.6 Å². The predicted octanol–water partition coefficient (Wildman–Crippen LogP) is 2.91. The van der Waals surface area contributed by atoms with Crippen molar-refractivity contribution in [2.75, 3.05) is 7.05 Å². The average molecular weight is 307 g/mol. The van der Waals surface area contributed by atoms with Gasteiger partial charge in [-0.2, -0.15) is 0 Å². The molecule has 1 aromatic carbocycles. The fraction of sp³-hybridized carbons (Fsp3) is 0.500. The van der Waals surface area contributed by atoms with Gasteiger partial charge in [-0.3, -0.25) is 25.0 Å². The molecule has 0 unspecified atom stereocenters. The molecule has 2 rings (SSSR count). The predicted molar refractivity (Wildman–Crippen MR) is 78.7 cm³/mol. The summed E-state index contributed by atoms with van der Waals surface area (Å²) < 4.78 is 0. The molecule has 1 aliphatic carbocycles. The Labute approximate surface area is 127 Å². The van der Waals surface area contributed by atoms with Gasteiger partial charge < -0.3 is 4.90 Å². The maximum Gasteiger partial charge on any atom is 0.289 e. The lowest BCUT2D eigenvalue weighted by Gasteiger charge is -2.31. The third-order valence-corrected chi connectivity index (χ3v) is 4.06. The number of hydrogen-bond acceptors (Lipinski definition) is 5. The average Bonchev–Trinajstić information content (AvgIpc) is 2.53. The Hall–Kier alpha value is -2.51. The second-order valence-corrected chi connectivity index (χ2v) is 5.42. The van der Waals surface area contributed by atoms with E-state index in [1.54, 1.807) is 7.05 Å². The number of nitro benzene ring substituents is 2. The Kier molecular flexibility index (Phi) is 4.69. The summed E-state index contributed by atoms with van der Waals surface area (Å²) in [5, 5.41) is 21.8. The van der Waals surface area contributed by atoms with Gasteiger partial charge in [0.2, 0.25) is 0 Å². The summed E-state index contributed by atoms with van der Waals surface area (Å²) in [5.74, 6) is -0.464. The van der Waals surface area contributed by atoms with Crippen LogP contribution in [0.15, 0.2) is 18.2 Å². The van der Waals surface area contributed by atoms with Gasteiger partial charge in [0, 0.05) is 19.2 Å². The van der Waals surface area contributed by atoms with Crippen molar-refractivity contribution in [2.45, 2.75) is 38.1 Å². The van der Waals surface area contributed by atoms with E-state index in [9.17, 15) is 25.0 Å². The molecule has 0 aromatic heterocycles. The lowest BCUT2D eigenvalue weighted by Crippen LogP contribution is -2.38. The van der Waals surface area contributed by atoms with Gasteiger partial charge in [-0.15, -0.1) is 0 Å². The highest BCUT2D eigenvalue weighted by Crippen LogP contribution is 2.28. The first-order valence-corrected chi connectivity index (χ1v) is 7.12. The standard InChI is InChI=1S/C14H17N3O5/c1-15(10-5-3-2-4-6-10)14(18)12-8-7-11(16(19)20)9-13(12)17(21)22/h7-10H,2-6H2,1H3. The van der Waals surface area contributed by atoms with Crippen molar-refractivity contribution in [3.63, 3.8) is 0 Å². The third kappa shape index (κ3) is 3.21. The fourth-order valence-electron chi connectivity index (χ4n) is 2.79. The first-order valence-electron chi connectivity index (χ1n) is 7.12. The number of hydrogen-bond donors (Lipinski definition) is 0. The zero-order chi connectivity index (χ0) is 16.3. The van der Waals surface area contributed by atoms with Gasteiger partial charge in [0.25, 0.3) is 17.3 Å². The summed E-state index contributed by atoms with van der Waals surface area (Å²) in [6, 6.07) is 3.19. The normalized spacial score (nSPS) is 15.3. The fourth-order valence-corrected chi connectivity index (χ4v) is 2.79. The van der Waals surface area contributed by atoms with E-state index in [-0.39, 0.29) is 11.6 Å². The Morgan fingerprint density at radius 1 is 1.14 bits per heavy atom. The lowest BCUT2D eigenvalue weighted by molar-refractivity contribution is -0.394. The zero-order valence-corrected chi connectivity index (χ0v) is 12.2. The number of non-ortho nitro benzene ring substituents is 1. The Balaban J connectivity index is 2.31. The van der Waals surface area contributed by atoms with E-state index in [0.29, 0.717) is 0 Å². The molecule has 1 amide bonds. The molecule has 0 aliphatic heterocycles. The molecule has 1 saturated carbocycles. The highest BCUT2D eigenvalue weighted by atomic mass is 16.6. The van der Waals surface area contributed by atoms with Crippen LogP contribution >= 0.6 is 0 Å². The van der Waals surface area contributed by atoms with E-state index in [1.807, 2.05) is 0 Å². The van der Waals surface area contributed by atoms with Crippen molar-refractivity contribution >= 4 is 17.3 Å². The van der Waals surface area contributed by atoms with Crippen molar-refractivity contribution in [3.05, 3.63) is 44.0 Å².